The Balaban J connectivity index is 0. The number of hydrogen-bond donors (Lipinski definition) is 0. The van der Waals surface area contributed by atoms with Gasteiger partial charge in [-0.25, -0.2) is 0 Å². The van der Waals surface area contributed by atoms with Crippen LogP contribution in [0.2, 0.25) is 0 Å². The fraction of sp³-hybridized carbons (Fsp3) is 0. The molecular formula is H12F6MgO6Si. The van der Waals surface area contributed by atoms with Crippen LogP contribution in [0.15, 0.2) is 0 Å². The van der Waals surface area contributed by atoms with E-state index in [-0.39, 0.29) is 95.1 Å². The summed E-state index contributed by atoms with van der Waals surface area (Å²) in [5, 5.41) is 0. The van der Waals surface area contributed by atoms with E-state index < -0.39 is 0 Å². The van der Waals surface area contributed by atoms with E-state index in [2.05, 4.69) is 0 Å². The molecule has 0 bridgehead atoms. The van der Waals surface area contributed by atoms with Crippen molar-refractivity contribution in [2.45, 2.75) is 0 Å². The Hall–Kier alpha value is 0.323. The van der Waals surface area contributed by atoms with Crippen LogP contribution in [0, 0.1) is 0 Å². The monoisotopic (exact) mass is 274 g/mol. The molecule has 0 amide bonds. The molecule has 0 atom stereocenters. The van der Waals surface area contributed by atoms with Gasteiger partial charge in [-0.05, 0) is 0 Å². The van der Waals surface area contributed by atoms with Crippen molar-refractivity contribution in [3.05, 3.63) is 0 Å². The second kappa shape index (κ2) is 19400. The molecule has 0 aliphatic carbocycles. The Kier molecular flexibility index (Phi) is 33700000. The van der Waals surface area contributed by atoms with E-state index >= 15 is 0 Å². The zero-order valence-corrected chi connectivity index (χ0v) is 8.89. The molecule has 0 aromatic heterocycles. The van der Waals surface area contributed by atoms with Gasteiger partial charge in [0.2, 0.25) is 0 Å². The number of halogens is 6. The minimum atomic E-state index is 0. The second-order valence-corrected chi connectivity index (χ2v) is 0. The van der Waals surface area contributed by atoms with Crippen molar-refractivity contribution < 1.29 is 61.1 Å². The van der Waals surface area contributed by atoms with Crippen molar-refractivity contribution in [2.75, 3.05) is 0 Å². The first-order chi connectivity index (χ1) is 0. The van der Waals surface area contributed by atoms with Gasteiger partial charge in [0.05, 0.1) is 0 Å². The summed E-state index contributed by atoms with van der Waals surface area (Å²) in [6.45, 7) is 0. The van der Waals surface area contributed by atoms with Gasteiger partial charge in [0.15, 0.2) is 0 Å². The largest absolute Gasteiger partial charge is 4.00 e. The van der Waals surface area contributed by atoms with E-state index in [4.69, 9.17) is 0 Å². The van der Waals surface area contributed by atoms with Gasteiger partial charge in [0.25, 0.3) is 0 Å². The third-order valence-electron chi connectivity index (χ3n) is 0. The van der Waals surface area contributed by atoms with Crippen molar-refractivity contribution in [2.24, 2.45) is 0 Å². The topological polar surface area (TPSA) is 189 Å². The van der Waals surface area contributed by atoms with Crippen molar-refractivity contribution in [1.82, 2.24) is 0 Å². The summed E-state index contributed by atoms with van der Waals surface area (Å²) in [4.78, 5) is 0. The van der Waals surface area contributed by atoms with Crippen LogP contribution in [0.1, 0.15) is 0 Å². The van der Waals surface area contributed by atoms with Crippen molar-refractivity contribution in [3.8, 4) is 0 Å². The first kappa shape index (κ1) is 24400. The molecule has 0 fully saturated rings. The van der Waals surface area contributed by atoms with Crippen LogP contribution in [-0.2, 0) is 0 Å². The summed E-state index contributed by atoms with van der Waals surface area (Å²) in [7, 11) is 0. The molecule has 0 aromatic rings. The van der Waals surface area contributed by atoms with Gasteiger partial charge in [0.1, 0.15) is 0 Å². The summed E-state index contributed by atoms with van der Waals surface area (Å²) >= 11 is 0. The zero-order valence-electron chi connectivity index (χ0n) is 6.47. The Labute approximate surface area is 95.7 Å². The maximum absolute atomic E-state index is 0. The molecule has 0 saturated heterocycles. The molecule has 0 aromatic carbocycles. The van der Waals surface area contributed by atoms with Gasteiger partial charge in [-0.3, -0.25) is 0 Å². The number of hydrogen-bond acceptors (Lipinski definition) is 0. The molecule has 6 nitrogen and oxygen atoms in total. The first-order valence-electron chi connectivity index (χ1n) is 0. The fourth-order valence-corrected chi connectivity index (χ4v) is 0. The smallest absolute Gasteiger partial charge is 1.00 e. The van der Waals surface area contributed by atoms with Gasteiger partial charge >= 0.3 is 34.0 Å². The summed E-state index contributed by atoms with van der Waals surface area (Å²) < 4.78 is 0. The van der Waals surface area contributed by atoms with Crippen LogP contribution in [-0.4, -0.2) is 66.9 Å². The summed E-state index contributed by atoms with van der Waals surface area (Å²) in [6, 6.07) is 0. The van der Waals surface area contributed by atoms with Crippen molar-refractivity contribution >= 4 is 34.0 Å². The molecule has 14 heteroatoms. The molecule has 0 unspecified atom stereocenters. The summed E-state index contributed by atoms with van der Waals surface area (Å²) in [5.74, 6) is 0. The molecule has 0 saturated carbocycles. The van der Waals surface area contributed by atoms with Crippen LogP contribution >= 0.6 is 0 Å². The predicted molar refractivity (Wildman–Crippen MR) is 33.2 cm³/mol. The minimum absolute atomic E-state index is 0. The van der Waals surface area contributed by atoms with Gasteiger partial charge < -0.3 is 61.1 Å². The second-order valence-electron chi connectivity index (χ2n) is 0. The number of rotatable bonds is 0. The van der Waals surface area contributed by atoms with Gasteiger partial charge in [-0.15, -0.1) is 0 Å². The standard InChI is InChI=1S/6FH.Mg.6H2O.Si/h6*1H;;6*1H2;/q;;;;;;+2;;;;;;;+4/p-6. The van der Waals surface area contributed by atoms with E-state index in [0.29, 0.717) is 0 Å². The van der Waals surface area contributed by atoms with Crippen molar-refractivity contribution in [3.63, 3.8) is 0 Å². The molecule has 0 spiro atoms. The maximum Gasteiger partial charge on any atom is 4.00 e. The quantitative estimate of drug-likeness (QED) is 0.299. The third-order valence-corrected chi connectivity index (χ3v) is 0. The average molecular weight is 274 g/mol. The van der Waals surface area contributed by atoms with E-state index in [9.17, 15) is 0 Å². The molecule has 0 heterocycles. The Morgan fingerprint density at radius 1 is 0.286 bits per heavy atom. The van der Waals surface area contributed by atoms with Crippen LogP contribution in [0.5, 0.6) is 0 Å². The van der Waals surface area contributed by atoms with Crippen LogP contribution < -0.4 is 28.2 Å². The SMILES string of the molecule is O.O.O.O.O.O.[F-].[F-].[F-].[F-].[F-].[F-].[Mg+2].[Si+4]. The van der Waals surface area contributed by atoms with Crippen LogP contribution in [0.4, 0.5) is 0 Å². The van der Waals surface area contributed by atoms with E-state index in [1.54, 1.807) is 0 Å². The molecule has 0 rings (SSSR count). The van der Waals surface area contributed by atoms with Crippen LogP contribution in [0.3, 0.4) is 0 Å². The molecule has 12 N–H and O–H groups in total. The summed E-state index contributed by atoms with van der Waals surface area (Å²) in [6.07, 6.45) is 0. The van der Waals surface area contributed by atoms with Crippen LogP contribution in [0.25, 0.3) is 0 Å². The minimum Gasteiger partial charge on any atom is -1.00 e. The molecule has 0 aliphatic heterocycles. The molecule has 14 heavy (non-hydrogen) atoms. The van der Waals surface area contributed by atoms with E-state index in [1.807, 2.05) is 0 Å². The maximum atomic E-state index is 0. The molecule has 96 valence electrons. The Bertz CT molecular complexity index is 22.3. The normalized spacial score (nSPS) is 0. The molecule has 0 aliphatic rings. The van der Waals surface area contributed by atoms with E-state index in [0.717, 1.165) is 0 Å². The average Bonchev–Trinajstić information content (AvgIpc) is 0. The Morgan fingerprint density at radius 3 is 0.286 bits per heavy atom. The Morgan fingerprint density at radius 2 is 0.286 bits per heavy atom. The zero-order chi connectivity index (χ0) is 0. The molecular weight excluding hydrogens is 262 g/mol. The summed E-state index contributed by atoms with van der Waals surface area (Å²) in [5.41, 5.74) is 0. The van der Waals surface area contributed by atoms with Gasteiger partial charge in [-0.1, -0.05) is 0 Å². The fourth-order valence-electron chi connectivity index (χ4n) is 0. The predicted octanol–water partition coefficient (Wildman–Crippen LogP) is -23.7. The third kappa shape index (κ3) is 15100. The van der Waals surface area contributed by atoms with Crippen molar-refractivity contribution in [1.29, 1.82) is 0 Å². The molecule has 0 radical (unpaired) electrons. The van der Waals surface area contributed by atoms with Gasteiger partial charge in [-0.2, -0.15) is 0 Å². The van der Waals surface area contributed by atoms with Gasteiger partial charge in [0, 0.05) is 0 Å². The first-order valence-corrected chi connectivity index (χ1v) is 0. The van der Waals surface area contributed by atoms with E-state index in [1.165, 1.54) is 0 Å².